The number of rotatable bonds is 5. The minimum atomic E-state index is -0.557. The van der Waals surface area contributed by atoms with Crippen molar-refractivity contribution in [2.24, 2.45) is 17.8 Å². The molecular weight excluding hydrogens is 308 g/mol. The zero-order valence-corrected chi connectivity index (χ0v) is 15.3. The number of aryl methyl sites for hydroxylation is 2. The molecule has 0 amide bonds. The molecule has 0 aromatic carbocycles. The molecular formula is C19H28O5. The van der Waals surface area contributed by atoms with E-state index < -0.39 is 11.9 Å². The number of furan rings is 1. The van der Waals surface area contributed by atoms with Gasteiger partial charge >= 0.3 is 11.9 Å². The summed E-state index contributed by atoms with van der Waals surface area (Å²) in [7, 11) is 0. The highest BCUT2D eigenvalue weighted by Gasteiger charge is 2.33. The smallest absolute Gasteiger partial charge is 0.344 e. The van der Waals surface area contributed by atoms with E-state index in [1.54, 1.807) is 19.9 Å². The summed E-state index contributed by atoms with van der Waals surface area (Å²) in [5, 5.41) is 0. The van der Waals surface area contributed by atoms with Crippen LogP contribution in [0.5, 0.6) is 0 Å². The van der Waals surface area contributed by atoms with Gasteiger partial charge in [0.2, 0.25) is 0 Å². The summed E-state index contributed by atoms with van der Waals surface area (Å²) in [6.45, 7) is 9.59. The first-order chi connectivity index (χ1) is 11.3. The van der Waals surface area contributed by atoms with E-state index in [-0.39, 0.29) is 12.7 Å². The van der Waals surface area contributed by atoms with Gasteiger partial charge in [-0.25, -0.2) is 9.59 Å². The van der Waals surface area contributed by atoms with Crippen molar-refractivity contribution in [3.63, 3.8) is 0 Å². The molecule has 1 aliphatic rings. The molecule has 134 valence electrons. The normalized spacial score (nSPS) is 24.0. The second-order valence-corrected chi connectivity index (χ2v) is 7.26. The third-order valence-electron chi connectivity index (χ3n) is 4.83. The van der Waals surface area contributed by atoms with Crippen LogP contribution in [0.4, 0.5) is 0 Å². The van der Waals surface area contributed by atoms with Gasteiger partial charge in [0, 0.05) is 0 Å². The Morgan fingerprint density at radius 2 is 2.00 bits per heavy atom. The fraction of sp³-hybridized carbons (Fsp3) is 0.684. The minimum Gasteiger partial charge on any atom is -0.466 e. The lowest BCUT2D eigenvalue weighted by molar-refractivity contribution is -0.159. The molecule has 1 saturated carbocycles. The Bertz CT molecular complexity index is 587. The fourth-order valence-electron chi connectivity index (χ4n) is 3.49. The molecule has 0 spiro atoms. The van der Waals surface area contributed by atoms with Gasteiger partial charge in [0.1, 0.15) is 23.2 Å². The van der Waals surface area contributed by atoms with E-state index in [0.29, 0.717) is 34.8 Å². The van der Waals surface area contributed by atoms with Crippen LogP contribution in [-0.4, -0.2) is 24.6 Å². The number of ether oxygens (including phenoxy) is 2. The van der Waals surface area contributed by atoms with E-state index in [1.165, 1.54) is 6.42 Å². The fourth-order valence-corrected chi connectivity index (χ4v) is 3.49. The lowest BCUT2D eigenvalue weighted by Gasteiger charge is -2.36. The van der Waals surface area contributed by atoms with Crippen LogP contribution in [0.3, 0.4) is 0 Å². The second-order valence-electron chi connectivity index (χ2n) is 7.26. The van der Waals surface area contributed by atoms with Gasteiger partial charge in [-0.1, -0.05) is 27.2 Å². The Labute approximate surface area is 143 Å². The average molecular weight is 336 g/mol. The highest BCUT2D eigenvalue weighted by molar-refractivity contribution is 5.91. The van der Waals surface area contributed by atoms with Crippen LogP contribution in [0.1, 0.15) is 61.9 Å². The van der Waals surface area contributed by atoms with Gasteiger partial charge in [0.15, 0.2) is 6.61 Å². The van der Waals surface area contributed by atoms with E-state index in [9.17, 15) is 9.59 Å². The number of carbonyl (C=O) groups excluding carboxylic acids is 2. The molecule has 0 bridgehead atoms. The van der Waals surface area contributed by atoms with Crippen molar-refractivity contribution in [2.75, 3.05) is 6.61 Å². The Hall–Kier alpha value is -1.78. The van der Waals surface area contributed by atoms with Crippen molar-refractivity contribution in [3.05, 3.63) is 23.2 Å². The van der Waals surface area contributed by atoms with E-state index in [1.807, 2.05) is 0 Å². The van der Waals surface area contributed by atoms with Crippen molar-refractivity contribution in [3.8, 4) is 0 Å². The molecule has 5 heteroatoms. The maximum Gasteiger partial charge on any atom is 0.344 e. The van der Waals surface area contributed by atoms with E-state index in [0.717, 1.165) is 12.8 Å². The minimum absolute atomic E-state index is 0.0853. The van der Waals surface area contributed by atoms with Crippen molar-refractivity contribution in [2.45, 2.75) is 60.0 Å². The van der Waals surface area contributed by atoms with Crippen LogP contribution >= 0.6 is 0 Å². The first kappa shape index (κ1) is 18.6. The average Bonchev–Trinajstić information content (AvgIpc) is 2.83. The maximum atomic E-state index is 12.1. The van der Waals surface area contributed by atoms with E-state index in [2.05, 4.69) is 20.8 Å². The lowest BCUT2D eigenvalue weighted by atomic mass is 9.75. The van der Waals surface area contributed by atoms with Gasteiger partial charge in [-0.3, -0.25) is 0 Å². The summed E-state index contributed by atoms with van der Waals surface area (Å²) < 4.78 is 16.0. The summed E-state index contributed by atoms with van der Waals surface area (Å²) in [5.41, 5.74) is 0.353. The predicted molar refractivity (Wildman–Crippen MR) is 89.7 cm³/mol. The zero-order valence-electron chi connectivity index (χ0n) is 15.3. The molecule has 1 heterocycles. The third-order valence-corrected chi connectivity index (χ3v) is 4.83. The molecule has 1 aromatic heterocycles. The first-order valence-corrected chi connectivity index (χ1v) is 8.71. The molecule has 0 radical (unpaired) electrons. The van der Waals surface area contributed by atoms with Crippen LogP contribution in [0.15, 0.2) is 10.5 Å². The first-order valence-electron chi connectivity index (χ1n) is 8.71. The summed E-state index contributed by atoms with van der Waals surface area (Å²) in [5.74, 6) is 1.49. The highest BCUT2D eigenvalue weighted by Crippen LogP contribution is 2.35. The number of carbonyl (C=O) groups is 2. The molecule has 0 N–H and O–H groups in total. The summed E-state index contributed by atoms with van der Waals surface area (Å²) in [4.78, 5) is 24.1. The molecule has 3 atom stereocenters. The van der Waals surface area contributed by atoms with Crippen LogP contribution in [0.2, 0.25) is 0 Å². The van der Waals surface area contributed by atoms with Gasteiger partial charge in [0.05, 0.1) is 0 Å². The molecule has 0 aliphatic heterocycles. The Morgan fingerprint density at radius 1 is 1.29 bits per heavy atom. The van der Waals surface area contributed by atoms with Crippen molar-refractivity contribution in [1.29, 1.82) is 0 Å². The van der Waals surface area contributed by atoms with Crippen molar-refractivity contribution in [1.82, 2.24) is 0 Å². The number of hydrogen-bond acceptors (Lipinski definition) is 5. The monoisotopic (exact) mass is 336 g/mol. The van der Waals surface area contributed by atoms with Crippen LogP contribution in [-0.2, 0) is 14.3 Å². The third kappa shape index (κ3) is 4.62. The zero-order chi connectivity index (χ0) is 17.9. The quantitative estimate of drug-likeness (QED) is 0.759. The van der Waals surface area contributed by atoms with Crippen molar-refractivity contribution < 1.29 is 23.5 Å². The molecule has 1 aromatic rings. The second kappa shape index (κ2) is 7.86. The molecule has 2 rings (SSSR count). The van der Waals surface area contributed by atoms with Gasteiger partial charge in [0.25, 0.3) is 0 Å². The van der Waals surface area contributed by atoms with Crippen LogP contribution in [0.25, 0.3) is 0 Å². The SMILES string of the molecule is Cc1cc(C(=O)OCC(=O)OC2CC(C)CCC2C(C)C)c(C)o1. The van der Waals surface area contributed by atoms with Gasteiger partial charge in [-0.05, 0) is 50.5 Å². The Kier molecular flexibility index (Phi) is 6.08. The van der Waals surface area contributed by atoms with Gasteiger partial charge < -0.3 is 13.9 Å². The lowest BCUT2D eigenvalue weighted by Crippen LogP contribution is -2.36. The predicted octanol–water partition coefficient (Wildman–Crippen LogP) is 4.06. The molecule has 3 unspecified atom stereocenters. The van der Waals surface area contributed by atoms with Crippen LogP contribution < -0.4 is 0 Å². The van der Waals surface area contributed by atoms with E-state index in [4.69, 9.17) is 13.9 Å². The summed E-state index contributed by atoms with van der Waals surface area (Å²) in [6.07, 6.45) is 3.04. The van der Waals surface area contributed by atoms with Gasteiger partial charge in [-0.15, -0.1) is 0 Å². The molecule has 1 fully saturated rings. The molecule has 5 nitrogen and oxygen atoms in total. The summed E-state index contributed by atoms with van der Waals surface area (Å²) >= 11 is 0. The molecule has 1 aliphatic carbocycles. The Morgan fingerprint density at radius 3 is 2.58 bits per heavy atom. The van der Waals surface area contributed by atoms with Gasteiger partial charge in [-0.2, -0.15) is 0 Å². The van der Waals surface area contributed by atoms with Crippen molar-refractivity contribution >= 4 is 11.9 Å². The maximum absolute atomic E-state index is 12.1. The van der Waals surface area contributed by atoms with E-state index >= 15 is 0 Å². The Balaban J connectivity index is 1.88. The topological polar surface area (TPSA) is 65.7 Å². The van der Waals surface area contributed by atoms with Crippen LogP contribution in [0, 0.1) is 31.6 Å². The number of esters is 2. The molecule has 0 saturated heterocycles. The standard InChI is InChI=1S/C19H28O5/c1-11(2)15-7-6-12(3)8-17(15)24-18(20)10-22-19(21)16-9-13(4)23-14(16)5/h9,11-12,15,17H,6-8,10H2,1-5H3. The molecule has 24 heavy (non-hydrogen) atoms. The largest absolute Gasteiger partial charge is 0.466 e. The summed E-state index contributed by atoms with van der Waals surface area (Å²) in [6, 6.07) is 1.61. The highest BCUT2D eigenvalue weighted by atomic mass is 16.6. The number of hydrogen-bond donors (Lipinski definition) is 0.